The molecule has 0 spiro atoms. The molecule has 2 aromatic rings. The summed E-state index contributed by atoms with van der Waals surface area (Å²) in [5.74, 6) is 0.234. The quantitative estimate of drug-likeness (QED) is 0.630. The minimum atomic E-state index is -0.0572. The molecule has 6 heteroatoms. The number of rotatable bonds is 4. The van der Waals surface area contributed by atoms with Crippen LogP contribution in [-0.2, 0) is 0 Å². The molecule has 3 rings (SSSR count). The minimum Gasteiger partial charge on any atom is -0.618 e. The van der Waals surface area contributed by atoms with Crippen molar-refractivity contribution in [2.24, 2.45) is 0 Å². The molecule has 0 saturated carbocycles. The molecule has 1 aromatic carbocycles. The van der Waals surface area contributed by atoms with E-state index in [9.17, 15) is 10.0 Å². The SMILES string of the molecule is Cc1cc(C(=O)NCN2CCC(c3cccc[n+]3[O-])CC2)ccc1Br. The number of likely N-dealkylation sites (tertiary alicyclic amines) is 1. The maximum absolute atomic E-state index is 12.3. The third-order valence-electron chi connectivity index (χ3n) is 4.74. The van der Waals surface area contributed by atoms with Crippen LogP contribution in [0.4, 0.5) is 0 Å². The van der Waals surface area contributed by atoms with Crippen molar-refractivity contribution in [3.05, 3.63) is 69.1 Å². The van der Waals surface area contributed by atoms with Crippen molar-refractivity contribution >= 4 is 21.8 Å². The lowest BCUT2D eigenvalue weighted by atomic mass is 9.93. The second-order valence-corrected chi connectivity index (χ2v) is 7.33. The molecule has 0 atom stereocenters. The van der Waals surface area contributed by atoms with Gasteiger partial charge in [0.25, 0.3) is 5.91 Å². The van der Waals surface area contributed by atoms with E-state index in [1.807, 2.05) is 37.3 Å². The van der Waals surface area contributed by atoms with Gasteiger partial charge in [0.2, 0.25) is 0 Å². The summed E-state index contributed by atoms with van der Waals surface area (Å²) < 4.78 is 1.97. The number of amides is 1. The standard InChI is InChI=1S/C19H22BrN3O2/c1-14-12-16(5-6-17(14)20)19(24)21-13-22-10-7-15(8-11-22)18-4-2-3-9-23(18)25/h2-6,9,12,15H,7-8,10-11,13H2,1H3,(H,21,24). The smallest absolute Gasteiger partial charge is 0.252 e. The predicted molar refractivity (Wildman–Crippen MR) is 100 cm³/mol. The lowest BCUT2D eigenvalue weighted by Crippen LogP contribution is -2.43. The fraction of sp³-hybridized carbons (Fsp3) is 0.368. The van der Waals surface area contributed by atoms with Crippen LogP contribution in [0, 0.1) is 12.1 Å². The molecule has 1 aliphatic heterocycles. The van der Waals surface area contributed by atoms with E-state index in [2.05, 4.69) is 26.1 Å². The molecule has 1 fully saturated rings. The number of halogens is 1. The van der Waals surface area contributed by atoms with Crippen LogP contribution < -0.4 is 10.0 Å². The number of nitrogens with one attached hydrogen (secondary N) is 1. The summed E-state index contributed by atoms with van der Waals surface area (Å²) in [5.41, 5.74) is 2.56. The van der Waals surface area contributed by atoms with Gasteiger partial charge in [0, 0.05) is 41.2 Å². The highest BCUT2D eigenvalue weighted by Gasteiger charge is 2.25. The van der Waals surface area contributed by atoms with Crippen molar-refractivity contribution in [1.82, 2.24) is 10.2 Å². The van der Waals surface area contributed by atoms with E-state index in [1.165, 1.54) is 0 Å². The zero-order chi connectivity index (χ0) is 17.8. The van der Waals surface area contributed by atoms with Gasteiger partial charge >= 0.3 is 0 Å². The maximum Gasteiger partial charge on any atom is 0.252 e. The van der Waals surface area contributed by atoms with Gasteiger partial charge in [-0.25, -0.2) is 0 Å². The van der Waals surface area contributed by atoms with E-state index in [1.54, 1.807) is 12.3 Å². The highest BCUT2D eigenvalue weighted by molar-refractivity contribution is 9.10. The molecule has 5 nitrogen and oxygen atoms in total. The lowest BCUT2D eigenvalue weighted by molar-refractivity contribution is -0.616. The first-order chi connectivity index (χ1) is 12.0. The van der Waals surface area contributed by atoms with Gasteiger partial charge in [-0.3, -0.25) is 9.69 Å². The van der Waals surface area contributed by atoms with Gasteiger partial charge < -0.3 is 10.5 Å². The molecule has 2 heterocycles. The number of carbonyl (C=O) groups is 1. The molecular weight excluding hydrogens is 382 g/mol. The summed E-state index contributed by atoms with van der Waals surface area (Å²) in [6.45, 7) is 4.25. The Hall–Kier alpha value is -1.92. The summed E-state index contributed by atoms with van der Waals surface area (Å²) in [7, 11) is 0. The Morgan fingerprint density at radius 2 is 2.08 bits per heavy atom. The number of carbonyl (C=O) groups excluding carboxylic acids is 1. The van der Waals surface area contributed by atoms with Crippen LogP contribution in [0.5, 0.6) is 0 Å². The lowest BCUT2D eigenvalue weighted by Gasteiger charge is -2.31. The van der Waals surface area contributed by atoms with Crippen molar-refractivity contribution in [3.8, 4) is 0 Å². The minimum absolute atomic E-state index is 0.0572. The third kappa shape index (κ3) is 4.38. The van der Waals surface area contributed by atoms with Crippen LogP contribution in [0.1, 0.15) is 40.4 Å². The number of nitrogens with zero attached hydrogens (tertiary/aromatic N) is 2. The van der Waals surface area contributed by atoms with Gasteiger partial charge in [-0.1, -0.05) is 22.0 Å². The molecule has 1 saturated heterocycles. The Morgan fingerprint density at radius 1 is 1.32 bits per heavy atom. The normalized spacial score (nSPS) is 15.9. The van der Waals surface area contributed by atoms with Gasteiger partial charge in [0.05, 0.1) is 6.67 Å². The van der Waals surface area contributed by atoms with E-state index < -0.39 is 0 Å². The first-order valence-corrected chi connectivity index (χ1v) is 9.28. The van der Waals surface area contributed by atoms with E-state index in [-0.39, 0.29) is 5.91 Å². The number of piperidine rings is 1. The Labute approximate surface area is 156 Å². The maximum atomic E-state index is 12.3. The Morgan fingerprint density at radius 3 is 2.76 bits per heavy atom. The number of hydrogen-bond acceptors (Lipinski definition) is 3. The summed E-state index contributed by atoms with van der Waals surface area (Å²) >= 11 is 3.45. The number of aryl methyl sites for hydroxylation is 1. The topological polar surface area (TPSA) is 59.3 Å². The van der Waals surface area contributed by atoms with Gasteiger partial charge in [-0.15, -0.1) is 0 Å². The first kappa shape index (κ1) is 17.9. The number of hydrogen-bond donors (Lipinski definition) is 1. The van der Waals surface area contributed by atoms with Gasteiger partial charge in [-0.2, -0.15) is 4.73 Å². The highest BCUT2D eigenvalue weighted by Crippen LogP contribution is 2.25. The van der Waals surface area contributed by atoms with E-state index >= 15 is 0 Å². The van der Waals surface area contributed by atoms with E-state index in [0.717, 1.165) is 46.4 Å². The van der Waals surface area contributed by atoms with Crippen molar-refractivity contribution in [3.63, 3.8) is 0 Å². The second-order valence-electron chi connectivity index (χ2n) is 6.47. The molecule has 0 bridgehead atoms. The molecular formula is C19H22BrN3O2. The van der Waals surface area contributed by atoms with E-state index in [0.29, 0.717) is 18.2 Å². The van der Waals surface area contributed by atoms with Crippen molar-refractivity contribution < 1.29 is 9.52 Å². The molecule has 1 aliphatic rings. The molecule has 0 aliphatic carbocycles. The molecule has 1 aromatic heterocycles. The van der Waals surface area contributed by atoms with Crippen molar-refractivity contribution in [2.45, 2.75) is 25.7 Å². The van der Waals surface area contributed by atoms with Gasteiger partial charge in [0.1, 0.15) is 0 Å². The Balaban J connectivity index is 1.50. The number of benzene rings is 1. The predicted octanol–water partition coefficient (Wildman–Crippen LogP) is 2.96. The van der Waals surface area contributed by atoms with Crippen LogP contribution in [0.15, 0.2) is 47.1 Å². The van der Waals surface area contributed by atoms with Crippen LogP contribution in [0.25, 0.3) is 0 Å². The average Bonchev–Trinajstić information content (AvgIpc) is 2.63. The molecule has 1 N–H and O–H groups in total. The zero-order valence-corrected chi connectivity index (χ0v) is 15.8. The van der Waals surface area contributed by atoms with Gasteiger partial charge in [-0.05, 0) is 43.5 Å². The third-order valence-corrected chi connectivity index (χ3v) is 5.63. The van der Waals surface area contributed by atoms with Gasteiger partial charge in [0.15, 0.2) is 11.9 Å². The fourth-order valence-corrected chi connectivity index (χ4v) is 3.46. The summed E-state index contributed by atoms with van der Waals surface area (Å²) in [6.07, 6.45) is 3.42. The largest absolute Gasteiger partial charge is 0.618 e. The zero-order valence-electron chi connectivity index (χ0n) is 14.2. The van der Waals surface area contributed by atoms with Crippen LogP contribution >= 0.6 is 15.9 Å². The summed E-state index contributed by atoms with van der Waals surface area (Å²) in [6, 6.07) is 11.2. The van der Waals surface area contributed by atoms with Crippen molar-refractivity contribution in [1.29, 1.82) is 0 Å². The average molecular weight is 404 g/mol. The number of aromatic nitrogens is 1. The van der Waals surface area contributed by atoms with Crippen LogP contribution in [-0.4, -0.2) is 30.6 Å². The molecule has 132 valence electrons. The highest BCUT2D eigenvalue weighted by atomic mass is 79.9. The molecule has 25 heavy (non-hydrogen) atoms. The first-order valence-electron chi connectivity index (χ1n) is 8.49. The Bertz CT molecular complexity index is 758. The molecule has 0 unspecified atom stereocenters. The summed E-state index contributed by atoms with van der Waals surface area (Å²) in [4.78, 5) is 14.5. The van der Waals surface area contributed by atoms with Crippen LogP contribution in [0.3, 0.4) is 0 Å². The van der Waals surface area contributed by atoms with Crippen LogP contribution in [0.2, 0.25) is 0 Å². The summed E-state index contributed by atoms with van der Waals surface area (Å²) in [5, 5.41) is 14.9. The van der Waals surface area contributed by atoms with Crippen molar-refractivity contribution in [2.75, 3.05) is 19.8 Å². The monoisotopic (exact) mass is 403 g/mol. The molecule has 1 amide bonds. The van der Waals surface area contributed by atoms with E-state index in [4.69, 9.17) is 0 Å². The molecule has 0 radical (unpaired) electrons. The second kappa shape index (κ2) is 7.97. The Kier molecular flexibility index (Phi) is 5.71. The fourth-order valence-electron chi connectivity index (χ4n) is 3.22. The number of pyridine rings is 1.